The molecule has 0 radical (unpaired) electrons. The zero-order valence-electron chi connectivity index (χ0n) is 9.01. The number of hydrogen-bond donors (Lipinski definition) is 1. The maximum Gasteiger partial charge on any atom is 0.0285 e. The van der Waals surface area contributed by atoms with Crippen LogP contribution in [0.2, 0.25) is 0 Å². The van der Waals surface area contributed by atoms with Crippen molar-refractivity contribution in [2.24, 2.45) is 5.92 Å². The van der Waals surface area contributed by atoms with E-state index in [1.165, 1.54) is 22.2 Å². The predicted octanol–water partition coefficient (Wildman–Crippen LogP) is 3.69. The summed E-state index contributed by atoms with van der Waals surface area (Å²) in [7, 11) is 2.05. The third-order valence-electron chi connectivity index (χ3n) is 2.64. The summed E-state index contributed by atoms with van der Waals surface area (Å²) < 4.78 is 1.21. The van der Waals surface area contributed by atoms with Gasteiger partial charge in [-0.25, -0.2) is 0 Å². The average Bonchev–Trinajstić information content (AvgIpc) is 2.53. The summed E-state index contributed by atoms with van der Waals surface area (Å²) in [5.74, 6) is 0.704. The molecule has 0 bridgehead atoms. The van der Waals surface area contributed by atoms with Gasteiger partial charge in [-0.05, 0) is 47.8 Å². The first kappa shape index (κ1) is 12.2. The summed E-state index contributed by atoms with van der Waals surface area (Å²) in [4.78, 5) is 1.47. The fourth-order valence-corrected chi connectivity index (χ4v) is 3.41. The van der Waals surface area contributed by atoms with Gasteiger partial charge in [0.25, 0.3) is 0 Å². The van der Waals surface area contributed by atoms with E-state index >= 15 is 0 Å². The molecule has 0 saturated carbocycles. The molecule has 2 atom stereocenters. The molecular formula is C11H18BrNS. The van der Waals surface area contributed by atoms with Gasteiger partial charge in [0.05, 0.1) is 0 Å². The van der Waals surface area contributed by atoms with Crippen molar-refractivity contribution >= 4 is 27.3 Å². The minimum Gasteiger partial charge on any atom is -0.317 e. The molecule has 2 unspecified atom stereocenters. The third-order valence-corrected chi connectivity index (χ3v) is 4.36. The third kappa shape index (κ3) is 3.37. The molecule has 1 N–H and O–H groups in total. The molecule has 1 aromatic heterocycles. The molecule has 1 heterocycles. The van der Waals surface area contributed by atoms with Gasteiger partial charge < -0.3 is 5.32 Å². The largest absolute Gasteiger partial charge is 0.317 e. The molecule has 0 aromatic carbocycles. The van der Waals surface area contributed by atoms with Crippen LogP contribution in [0.4, 0.5) is 0 Å². The molecule has 0 aliphatic rings. The molecule has 3 heteroatoms. The minimum absolute atomic E-state index is 0.635. The van der Waals surface area contributed by atoms with Crippen LogP contribution in [-0.4, -0.2) is 13.1 Å². The van der Waals surface area contributed by atoms with Crippen molar-refractivity contribution in [1.29, 1.82) is 0 Å². The summed E-state index contributed by atoms with van der Waals surface area (Å²) in [6.07, 6.45) is 2.37. The van der Waals surface area contributed by atoms with Crippen LogP contribution in [0, 0.1) is 5.92 Å². The van der Waals surface area contributed by atoms with Crippen molar-refractivity contribution in [3.05, 3.63) is 20.8 Å². The molecule has 14 heavy (non-hydrogen) atoms. The number of nitrogens with one attached hydrogen (secondary N) is 1. The van der Waals surface area contributed by atoms with Crippen LogP contribution in [0.1, 0.15) is 25.1 Å². The lowest BCUT2D eigenvalue weighted by molar-refractivity contribution is 0.388. The van der Waals surface area contributed by atoms with E-state index in [9.17, 15) is 0 Å². The van der Waals surface area contributed by atoms with Gasteiger partial charge in [0, 0.05) is 20.8 Å². The maximum absolute atomic E-state index is 3.49. The summed E-state index contributed by atoms with van der Waals surface area (Å²) >= 11 is 5.33. The molecule has 0 amide bonds. The molecule has 1 rings (SSSR count). The van der Waals surface area contributed by atoms with Crippen molar-refractivity contribution in [2.75, 3.05) is 7.05 Å². The Bertz CT molecular complexity index is 268. The second-order valence-corrected chi connectivity index (χ2v) is 5.63. The van der Waals surface area contributed by atoms with Crippen molar-refractivity contribution < 1.29 is 0 Å². The van der Waals surface area contributed by atoms with Crippen molar-refractivity contribution in [3.63, 3.8) is 0 Å². The first-order chi connectivity index (χ1) is 6.67. The summed E-state index contributed by atoms with van der Waals surface area (Å²) in [6.45, 7) is 4.56. The maximum atomic E-state index is 3.49. The molecule has 0 aliphatic heterocycles. The van der Waals surface area contributed by atoms with Crippen LogP contribution in [0.25, 0.3) is 0 Å². The lowest BCUT2D eigenvalue weighted by Gasteiger charge is -2.21. The topological polar surface area (TPSA) is 12.0 Å². The number of thiophene rings is 1. The van der Waals surface area contributed by atoms with E-state index in [2.05, 4.69) is 53.6 Å². The fourth-order valence-electron chi connectivity index (χ4n) is 1.81. The highest BCUT2D eigenvalue weighted by atomic mass is 79.9. The summed E-state index contributed by atoms with van der Waals surface area (Å²) in [6, 6.07) is 2.86. The Morgan fingerprint density at radius 3 is 2.71 bits per heavy atom. The van der Waals surface area contributed by atoms with Gasteiger partial charge in [0.2, 0.25) is 0 Å². The van der Waals surface area contributed by atoms with Gasteiger partial charge in [-0.1, -0.05) is 13.8 Å². The number of halogens is 1. The highest BCUT2D eigenvalue weighted by Crippen LogP contribution is 2.23. The van der Waals surface area contributed by atoms with Gasteiger partial charge in [-0.15, -0.1) is 11.3 Å². The van der Waals surface area contributed by atoms with Crippen molar-refractivity contribution in [3.8, 4) is 0 Å². The second-order valence-electron chi connectivity index (χ2n) is 3.72. The van der Waals surface area contributed by atoms with Crippen LogP contribution in [0.15, 0.2) is 15.9 Å². The van der Waals surface area contributed by atoms with Crippen LogP contribution >= 0.6 is 27.3 Å². The van der Waals surface area contributed by atoms with Crippen molar-refractivity contribution in [1.82, 2.24) is 5.32 Å². The van der Waals surface area contributed by atoms with E-state index in [4.69, 9.17) is 0 Å². The molecule has 80 valence electrons. The number of hydrogen-bond acceptors (Lipinski definition) is 2. The smallest absolute Gasteiger partial charge is 0.0285 e. The Balaban J connectivity index is 2.51. The molecule has 0 aliphatic carbocycles. The zero-order valence-corrected chi connectivity index (χ0v) is 11.4. The first-order valence-electron chi connectivity index (χ1n) is 5.07. The lowest BCUT2D eigenvalue weighted by Crippen LogP contribution is -2.32. The number of rotatable bonds is 5. The standard InChI is InChI=1S/C11H18BrNS/c1-4-11(13-3)8(2)5-10-6-9(12)7-14-10/h6-8,11,13H,4-5H2,1-3H3. The summed E-state index contributed by atoms with van der Waals surface area (Å²) in [5.41, 5.74) is 0. The molecule has 0 fully saturated rings. The Hall–Kier alpha value is 0.140. The SMILES string of the molecule is CCC(NC)C(C)Cc1cc(Br)cs1. The quantitative estimate of drug-likeness (QED) is 0.865. The first-order valence-corrected chi connectivity index (χ1v) is 6.74. The molecule has 0 spiro atoms. The van der Waals surface area contributed by atoms with E-state index in [1.54, 1.807) is 0 Å². The van der Waals surface area contributed by atoms with Gasteiger partial charge in [-0.2, -0.15) is 0 Å². The van der Waals surface area contributed by atoms with Crippen LogP contribution in [0.3, 0.4) is 0 Å². The molecular weight excluding hydrogens is 258 g/mol. The molecule has 1 aromatic rings. The van der Waals surface area contributed by atoms with E-state index in [-0.39, 0.29) is 0 Å². The predicted molar refractivity (Wildman–Crippen MR) is 68.0 cm³/mol. The van der Waals surface area contributed by atoms with Gasteiger partial charge in [0.15, 0.2) is 0 Å². The minimum atomic E-state index is 0.635. The Morgan fingerprint density at radius 2 is 2.29 bits per heavy atom. The van der Waals surface area contributed by atoms with E-state index in [0.29, 0.717) is 12.0 Å². The average molecular weight is 276 g/mol. The van der Waals surface area contributed by atoms with Crippen LogP contribution in [-0.2, 0) is 6.42 Å². The van der Waals surface area contributed by atoms with Gasteiger partial charge >= 0.3 is 0 Å². The zero-order chi connectivity index (χ0) is 10.6. The van der Waals surface area contributed by atoms with Gasteiger partial charge in [-0.3, -0.25) is 0 Å². The van der Waals surface area contributed by atoms with Crippen LogP contribution < -0.4 is 5.32 Å². The van der Waals surface area contributed by atoms with Gasteiger partial charge in [0.1, 0.15) is 0 Å². The highest BCUT2D eigenvalue weighted by Gasteiger charge is 2.14. The fraction of sp³-hybridized carbons (Fsp3) is 0.636. The summed E-state index contributed by atoms with van der Waals surface area (Å²) in [5, 5.41) is 5.53. The molecule has 1 nitrogen and oxygen atoms in total. The normalized spacial score (nSPS) is 15.4. The Kier molecular flexibility index (Phi) is 5.13. The lowest BCUT2D eigenvalue weighted by atomic mass is 9.96. The Morgan fingerprint density at radius 1 is 1.57 bits per heavy atom. The second kappa shape index (κ2) is 5.89. The van der Waals surface area contributed by atoms with E-state index < -0.39 is 0 Å². The van der Waals surface area contributed by atoms with Crippen molar-refractivity contribution in [2.45, 2.75) is 32.7 Å². The highest BCUT2D eigenvalue weighted by molar-refractivity contribution is 9.10. The molecule has 0 saturated heterocycles. The van der Waals surface area contributed by atoms with Crippen LogP contribution in [0.5, 0.6) is 0 Å². The Labute approximate surface area is 99.0 Å². The van der Waals surface area contributed by atoms with E-state index in [1.807, 2.05) is 11.3 Å². The van der Waals surface area contributed by atoms with E-state index in [0.717, 1.165) is 0 Å². The monoisotopic (exact) mass is 275 g/mol.